The molecule has 0 radical (unpaired) electrons. The van der Waals surface area contributed by atoms with Crippen molar-refractivity contribution in [2.75, 3.05) is 37.3 Å². The van der Waals surface area contributed by atoms with Gasteiger partial charge in [-0.15, -0.1) is 0 Å². The van der Waals surface area contributed by atoms with Crippen LogP contribution in [0.2, 0.25) is 0 Å². The Balaban J connectivity index is 1.28. The Morgan fingerprint density at radius 1 is 1.12 bits per heavy atom. The number of carbonyl (C=O) groups excluding carboxylic acids is 1. The van der Waals surface area contributed by atoms with Crippen LogP contribution in [0.5, 0.6) is 0 Å². The van der Waals surface area contributed by atoms with Crippen molar-refractivity contribution in [1.29, 1.82) is 0 Å². The highest BCUT2D eigenvalue weighted by molar-refractivity contribution is 5.97. The minimum absolute atomic E-state index is 0.0109. The van der Waals surface area contributed by atoms with Gasteiger partial charge in [-0.25, -0.2) is 24.9 Å². The van der Waals surface area contributed by atoms with Crippen molar-refractivity contribution < 1.29 is 9.21 Å². The molecule has 40 heavy (non-hydrogen) atoms. The average molecular weight is 539 g/mol. The lowest BCUT2D eigenvalue weighted by Crippen LogP contribution is -2.50. The zero-order valence-corrected chi connectivity index (χ0v) is 22.6. The third-order valence-electron chi connectivity index (χ3n) is 7.24. The minimum atomic E-state index is -0.453. The summed E-state index contributed by atoms with van der Waals surface area (Å²) in [5.41, 5.74) is 10.2. The van der Waals surface area contributed by atoms with Gasteiger partial charge in [-0.05, 0) is 45.2 Å². The van der Waals surface area contributed by atoms with Crippen LogP contribution in [0.1, 0.15) is 28.8 Å². The second-order valence-corrected chi connectivity index (χ2v) is 9.98. The predicted molar refractivity (Wildman–Crippen MR) is 151 cm³/mol. The summed E-state index contributed by atoms with van der Waals surface area (Å²) in [7, 11) is 2.14. The van der Waals surface area contributed by atoms with Gasteiger partial charge in [0.25, 0.3) is 5.91 Å². The van der Waals surface area contributed by atoms with Gasteiger partial charge in [0.1, 0.15) is 23.4 Å². The topological polar surface area (TPSA) is 144 Å². The van der Waals surface area contributed by atoms with E-state index in [1.165, 1.54) is 12.5 Å². The number of nitrogens with two attached hydrogens (primary N) is 1. The van der Waals surface area contributed by atoms with E-state index in [4.69, 9.17) is 15.1 Å². The Labute approximate surface area is 230 Å². The number of nitrogens with zero attached hydrogens (tertiary/aromatic N) is 8. The SMILES string of the molecule is Cc1cnc2ccc(-c3nc(C(=O)NCc4cccc(N5CCN(C)C(C)C5)n4)c(N)nc3-c3ncco3)cn12. The van der Waals surface area contributed by atoms with Crippen molar-refractivity contribution in [2.45, 2.75) is 26.4 Å². The number of hydrogen-bond donors (Lipinski definition) is 2. The highest BCUT2D eigenvalue weighted by Gasteiger charge is 2.24. The lowest BCUT2D eigenvalue weighted by molar-refractivity contribution is 0.0946. The minimum Gasteiger partial charge on any atom is -0.443 e. The van der Waals surface area contributed by atoms with Gasteiger partial charge in [-0.2, -0.15) is 0 Å². The summed E-state index contributed by atoms with van der Waals surface area (Å²) < 4.78 is 7.45. The van der Waals surface area contributed by atoms with Gasteiger partial charge in [-0.3, -0.25) is 4.79 Å². The molecule has 1 atom stereocenters. The zero-order valence-electron chi connectivity index (χ0n) is 22.6. The Morgan fingerprint density at radius 3 is 2.80 bits per heavy atom. The molecular weight excluding hydrogens is 508 g/mol. The first kappa shape index (κ1) is 25.4. The molecule has 5 aromatic heterocycles. The summed E-state index contributed by atoms with van der Waals surface area (Å²) in [5, 5.41) is 2.90. The smallest absolute Gasteiger partial charge is 0.274 e. The summed E-state index contributed by atoms with van der Waals surface area (Å²) in [5.74, 6) is 0.671. The number of aryl methyl sites for hydroxylation is 1. The van der Waals surface area contributed by atoms with Crippen LogP contribution in [0, 0.1) is 6.92 Å². The molecule has 0 aromatic carbocycles. The molecule has 204 valence electrons. The van der Waals surface area contributed by atoms with E-state index >= 15 is 0 Å². The molecule has 1 amide bonds. The second-order valence-electron chi connectivity index (χ2n) is 9.98. The molecule has 1 aliphatic rings. The van der Waals surface area contributed by atoms with Crippen LogP contribution in [-0.4, -0.2) is 72.9 Å². The normalized spacial score (nSPS) is 16.0. The van der Waals surface area contributed by atoms with Gasteiger partial charge >= 0.3 is 0 Å². The summed E-state index contributed by atoms with van der Waals surface area (Å²) >= 11 is 0. The number of fused-ring (bicyclic) bond motifs is 1. The van der Waals surface area contributed by atoms with E-state index in [1.54, 1.807) is 6.20 Å². The van der Waals surface area contributed by atoms with Crippen molar-refractivity contribution in [1.82, 2.24) is 39.5 Å². The summed E-state index contributed by atoms with van der Waals surface area (Å²) in [6.07, 6.45) is 6.64. The lowest BCUT2D eigenvalue weighted by atomic mass is 10.1. The van der Waals surface area contributed by atoms with Gasteiger partial charge in [0.2, 0.25) is 5.89 Å². The molecule has 6 rings (SSSR count). The van der Waals surface area contributed by atoms with Gasteiger partial charge in [0, 0.05) is 49.3 Å². The van der Waals surface area contributed by atoms with E-state index in [-0.39, 0.29) is 23.9 Å². The highest BCUT2D eigenvalue weighted by atomic mass is 16.3. The number of pyridine rings is 2. The van der Waals surface area contributed by atoms with Crippen molar-refractivity contribution in [3.05, 3.63) is 72.3 Å². The average Bonchev–Trinajstić information content (AvgIpc) is 3.63. The van der Waals surface area contributed by atoms with Gasteiger partial charge in [0.05, 0.1) is 18.4 Å². The van der Waals surface area contributed by atoms with E-state index in [1.807, 2.05) is 47.9 Å². The number of rotatable bonds is 6. The number of piperazine rings is 1. The maximum atomic E-state index is 13.3. The number of imidazole rings is 1. The molecule has 0 saturated carbocycles. The molecule has 5 aromatic rings. The zero-order chi connectivity index (χ0) is 27.8. The molecule has 1 aliphatic heterocycles. The molecule has 0 aliphatic carbocycles. The molecule has 12 nitrogen and oxygen atoms in total. The van der Waals surface area contributed by atoms with Gasteiger partial charge in [0.15, 0.2) is 17.2 Å². The molecule has 0 spiro atoms. The molecule has 1 fully saturated rings. The van der Waals surface area contributed by atoms with Crippen LogP contribution in [0.4, 0.5) is 11.6 Å². The van der Waals surface area contributed by atoms with Crippen LogP contribution >= 0.6 is 0 Å². The fourth-order valence-electron chi connectivity index (χ4n) is 4.80. The van der Waals surface area contributed by atoms with Crippen LogP contribution in [0.25, 0.3) is 28.5 Å². The summed E-state index contributed by atoms with van der Waals surface area (Å²) in [6, 6.07) is 10.0. The maximum absolute atomic E-state index is 13.3. The van der Waals surface area contributed by atoms with Crippen LogP contribution in [0.15, 0.2) is 59.6 Å². The molecule has 12 heteroatoms. The molecule has 1 saturated heterocycles. The van der Waals surface area contributed by atoms with Gasteiger partial charge in [-0.1, -0.05) is 6.07 Å². The first-order valence-corrected chi connectivity index (χ1v) is 13.1. The maximum Gasteiger partial charge on any atom is 0.274 e. The molecular formula is C28H30N10O2. The number of amides is 1. The molecule has 6 heterocycles. The fraction of sp³-hybridized carbons (Fsp3) is 0.286. The lowest BCUT2D eigenvalue weighted by Gasteiger charge is -2.38. The number of anilines is 2. The number of nitrogens with one attached hydrogen (secondary N) is 1. The Kier molecular flexibility index (Phi) is 6.60. The Morgan fingerprint density at radius 2 is 2.00 bits per heavy atom. The number of nitrogen functional groups attached to an aromatic ring is 1. The molecule has 0 bridgehead atoms. The quantitative estimate of drug-likeness (QED) is 0.331. The largest absolute Gasteiger partial charge is 0.443 e. The van der Waals surface area contributed by atoms with E-state index in [0.29, 0.717) is 23.0 Å². The molecule has 3 N–H and O–H groups in total. The van der Waals surface area contributed by atoms with E-state index in [0.717, 1.165) is 42.5 Å². The Bertz CT molecular complexity index is 1680. The number of hydrogen-bond acceptors (Lipinski definition) is 10. The predicted octanol–water partition coefficient (Wildman–Crippen LogP) is 2.80. The fourth-order valence-corrected chi connectivity index (χ4v) is 4.80. The van der Waals surface area contributed by atoms with Crippen LogP contribution < -0.4 is 16.0 Å². The van der Waals surface area contributed by atoms with E-state index < -0.39 is 5.91 Å². The highest BCUT2D eigenvalue weighted by Crippen LogP contribution is 2.30. The molecule has 1 unspecified atom stereocenters. The number of likely N-dealkylation sites (N-methyl/N-ethyl adjacent to an activating group) is 1. The number of oxazole rings is 1. The van der Waals surface area contributed by atoms with Crippen molar-refractivity contribution in [3.8, 4) is 22.8 Å². The van der Waals surface area contributed by atoms with Crippen molar-refractivity contribution in [2.24, 2.45) is 0 Å². The van der Waals surface area contributed by atoms with Crippen LogP contribution in [-0.2, 0) is 6.54 Å². The standard InChI is InChI=1S/C28H30N10O2/c1-17-13-31-21-8-7-19(16-38(17)21)23-24(28-30-9-12-40-28)35-26(29)25(34-23)27(39)32-14-20-5-4-6-22(33-20)37-11-10-36(3)18(2)15-37/h4-9,12-13,16,18H,10-11,14-15H2,1-3H3,(H2,29,35)(H,32,39). The third kappa shape index (κ3) is 4.84. The van der Waals surface area contributed by atoms with Gasteiger partial charge < -0.3 is 29.7 Å². The monoisotopic (exact) mass is 538 g/mol. The summed E-state index contributed by atoms with van der Waals surface area (Å²) in [6.45, 7) is 7.15. The van der Waals surface area contributed by atoms with E-state index in [2.05, 4.69) is 49.0 Å². The van der Waals surface area contributed by atoms with Crippen molar-refractivity contribution >= 4 is 23.2 Å². The first-order valence-electron chi connectivity index (χ1n) is 13.1. The summed E-state index contributed by atoms with van der Waals surface area (Å²) in [4.78, 5) is 40.5. The number of aromatic nitrogens is 6. The van der Waals surface area contributed by atoms with Crippen molar-refractivity contribution in [3.63, 3.8) is 0 Å². The van der Waals surface area contributed by atoms with E-state index in [9.17, 15) is 4.79 Å². The second kappa shape index (κ2) is 10.4. The number of carbonyl (C=O) groups is 1. The Hall–Kier alpha value is -4.84. The first-order chi connectivity index (χ1) is 19.4. The van der Waals surface area contributed by atoms with Crippen LogP contribution in [0.3, 0.4) is 0 Å². The third-order valence-corrected chi connectivity index (χ3v) is 7.24.